The Morgan fingerprint density at radius 3 is 2.73 bits per heavy atom. The molecule has 0 fully saturated rings. The lowest BCUT2D eigenvalue weighted by atomic mass is 9.90. The number of hydrogen-bond acceptors (Lipinski definition) is 3. The lowest BCUT2D eigenvalue weighted by molar-refractivity contribution is -0.126. The van der Waals surface area contributed by atoms with Crippen molar-refractivity contribution < 1.29 is 9.59 Å². The Morgan fingerprint density at radius 1 is 1.19 bits per heavy atom. The molecule has 2 aromatic rings. The van der Waals surface area contributed by atoms with E-state index in [9.17, 15) is 9.59 Å². The quantitative estimate of drug-likeness (QED) is 0.841. The van der Waals surface area contributed by atoms with Gasteiger partial charge in [-0.1, -0.05) is 42.5 Å². The molecule has 0 aromatic heterocycles. The summed E-state index contributed by atoms with van der Waals surface area (Å²) in [5.41, 5.74) is 4.19. The maximum Gasteiger partial charge on any atom is 0.228 e. The molecular formula is C21H25N3O2. The number of para-hydroxylation sites is 1. The van der Waals surface area contributed by atoms with E-state index in [0.717, 1.165) is 24.3 Å². The second-order valence-corrected chi connectivity index (χ2v) is 6.85. The van der Waals surface area contributed by atoms with E-state index in [1.165, 1.54) is 11.1 Å². The number of anilines is 1. The van der Waals surface area contributed by atoms with E-state index in [1.54, 1.807) is 0 Å². The van der Waals surface area contributed by atoms with E-state index >= 15 is 0 Å². The van der Waals surface area contributed by atoms with Gasteiger partial charge in [0.25, 0.3) is 0 Å². The van der Waals surface area contributed by atoms with Gasteiger partial charge in [-0.2, -0.15) is 0 Å². The minimum atomic E-state index is -0.415. The van der Waals surface area contributed by atoms with E-state index in [0.29, 0.717) is 6.54 Å². The Morgan fingerprint density at radius 2 is 1.92 bits per heavy atom. The molecule has 1 heterocycles. The predicted octanol–water partition coefficient (Wildman–Crippen LogP) is 2.67. The molecule has 2 N–H and O–H groups in total. The molecule has 26 heavy (non-hydrogen) atoms. The first-order chi connectivity index (χ1) is 12.5. The molecule has 3 rings (SSSR count). The summed E-state index contributed by atoms with van der Waals surface area (Å²) in [6.45, 7) is 4.26. The van der Waals surface area contributed by atoms with Crippen LogP contribution in [-0.2, 0) is 16.1 Å². The smallest absolute Gasteiger partial charge is 0.228 e. The number of benzene rings is 2. The molecule has 2 amide bonds. The molecule has 1 aliphatic rings. The molecule has 0 bridgehead atoms. The number of nitrogens with zero attached hydrogens (tertiary/aromatic N) is 1. The Labute approximate surface area is 154 Å². The molecule has 0 radical (unpaired) electrons. The Balaban J connectivity index is 1.53. The van der Waals surface area contributed by atoms with Crippen LogP contribution in [0.2, 0.25) is 0 Å². The van der Waals surface area contributed by atoms with Gasteiger partial charge in [-0.15, -0.1) is 0 Å². The largest absolute Gasteiger partial charge is 0.354 e. The number of aryl methyl sites for hydroxylation is 1. The maximum atomic E-state index is 12.6. The number of amides is 2. The molecule has 0 saturated carbocycles. The minimum absolute atomic E-state index is 0.0865. The SMILES string of the molecule is Cc1ccccc1CN(C)CCNC(=O)C1CC(=O)Nc2ccccc21. The van der Waals surface area contributed by atoms with E-state index in [4.69, 9.17) is 0 Å². The van der Waals surface area contributed by atoms with E-state index in [-0.39, 0.29) is 18.2 Å². The third-order valence-corrected chi connectivity index (χ3v) is 4.81. The van der Waals surface area contributed by atoms with Gasteiger partial charge in [0, 0.05) is 31.7 Å². The van der Waals surface area contributed by atoms with Gasteiger partial charge in [0.05, 0.1) is 5.92 Å². The molecular weight excluding hydrogens is 326 g/mol. The standard InChI is InChI=1S/C21H25N3O2/c1-15-7-3-4-8-16(15)14-24(2)12-11-22-21(26)18-13-20(25)23-19-10-6-5-9-17(18)19/h3-10,18H,11-14H2,1-2H3,(H,22,26)(H,23,25). The zero-order valence-corrected chi connectivity index (χ0v) is 15.3. The topological polar surface area (TPSA) is 61.4 Å². The molecule has 1 atom stereocenters. The van der Waals surface area contributed by atoms with Crippen LogP contribution in [0.25, 0.3) is 0 Å². The van der Waals surface area contributed by atoms with Crippen LogP contribution in [0.4, 0.5) is 5.69 Å². The zero-order chi connectivity index (χ0) is 18.5. The molecule has 2 aromatic carbocycles. The highest BCUT2D eigenvalue weighted by atomic mass is 16.2. The molecule has 1 aliphatic heterocycles. The molecule has 0 spiro atoms. The predicted molar refractivity (Wildman–Crippen MR) is 103 cm³/mol. The molecule has 0 aliphatic carbocycles. The summed E-state index contributed by atoms with van der Waals surface area (Å²) < 4.78 is 0. The van der Waals surface area contributed by atoms with Crippen LogP contribution < -0.4 is 10.6 Å². The molecule has 136 valence electrons. The fraction of sp³-hybridized carbons (Fsp3) is 0.333. The van der Waals surface area contributed by atoms with Crippen molar-refractivity contribution in [2.24, 2.45) is 0 Å². The first-order valence-corrected chi connectivity index (χ1v) is 8.94. The molecule has 5 heteroatoms. The first-order valence-electron chi connectivity index (χ1n) is 8.94. The average Bonchev–Trinajstić information content (AvgIpc) is 2.62. The number of carbonyl (C=O) groups excluding carboxylic acids is 2. The minimum Gasteiger partial charge on any atom is -0.354 e. The van der Waals surface area contributed by atoms with Crippen molar-refractivity contribution in [1.82, 2.24) is 10.2 Å². The third-order valence-electron chi connectivity index (χ3n) is 4.81. The monoisotopic (exact) mass is 351 g/mol. The van der Waals surface area contributed by atoms with Gasteiger partial charge in [0.2, 0.25) is 11.8 Å². The average molecular weight is 351 g/mol. The van der Waals surface area contributed by atoms with Crippen molar-refractivity contribution in [2.45, 2.75) is 25.8 Å². The summed E-state index contributed by atoms with van der Waals surface area (Å²) in [6.07, 6.45) is 0.196. The molecule has 1 unspecified atom stereocenters. The second kappa shape index (κ2) is 8.15. The lowest BCUT2D eigenvalue weighted by Crippen LogP contribution is -2.38. The van der Waals surface area contributed by atoms with Crippen LogP contribution in [0.1, 0.15) is 29.0 Å². The Hall–Kier alpha value is -2.66. The van der Waals surface area contributed by atoms with E-state index in [1.807, 2.05) is 43.4 Å². The fourth-order valence-corrected chi connectivity index (χ4v) is 3.30. The lowest BCUT2D eigenvalue weighted by Gasteiger charge is -2.25. The fourth-order valence-electron chi connectivity index (χ4n) is 3.30. The van der Waals surface area contributed by atoms with Crippen LogP contribution in [-0.4, -0.2) is 36.9 Å². The number of nitrogens with one attached hydrogen (secondary N) is 2. The van der Waals surface area contributed by atoms with Crippen molar-refractivity contribution >= 4 is 17.5 Å². The number of rotatable bonds is 6. The van der Waals surface area contributed by atoms with Crippen LogP contribution in [0.5, 0.6) is 0 Å². The first kappa shape index (κ1) is 18.1. The van der Waals surface area contributed by atoms with Crippen LogP contribution in [0.15, 0.2) is 48.5 Å². The summed E-state index contributed by atoms with van der Waals surface area (Å²) >= 11 is 0. The second-order valence-electron chi connectivity index (χ2n) is 6.85. The Bertz CT molecular complexity index is 803. The summed E-state index contributed by atoms with van der Waals surface area (Å²) in [5, 5.41) is 5.81. The van der Waals surface area contributed by atoms with Gasteiger partial charge in [-0.3, -0.25) is 9.59 Å². The number of hydrogen-bond donors (Lipinski definition) is 2. The van der Waals surface area contributed by atoms with Gasteiger partial charge in [0.1, 0.15) is 0 Å². The van der Waals surface area contributed by atoms with Crippen LogP contribution >= 0.6 is 0 Å². The van der Waals surface area contributed by atoms with Crippen molar-refractivity contribution in [3.8, 4) is 0 Å². The van der Waals surface area contributed by atoms with Crippen molar-refractivity contribution in [2.75, 3.05) is 25.5 Å². The van der Waals surface area contributed by atoms with Gasteiger partial charge >= 0.3 is 0 Å². The van der Waals surface area contributed by atoms with Crippen molar-refractivity contribution in [1.29, 1.82) is 0 Å². The summed E-state index contributed by atoms with van der Waals surface area (Å²) in [6, 6.07) is 15.8. The van der Waals surface area contributed by atoms with Gasteiger partial charge in [-0.05, 0) is 36.7 Å². The number of fused-ring (bicyclic) bond motifs is 1. The zero-order valence-electron chi connectivity index (χ0n) is 15.3. The third kappa shape index (κ3) is 4.29. The molecule has 5 nitrogen and oxygen atoms in total. The summed E-state index contributed by atoms with van der Waals surface area (Å²) in [7, 11) is 2.04. The van der Waals surface area contributed by atoms with Crippen LogP contribution in [0.3, 0.4) is 0 Å². The van der Waals surface area contributed by atoms with E-state index < -0.39 is 5.92 Å². The highest BCUT2D eigenvalue weighted by Gasteiger charge is 2.30. The van der Waals surface area contributed by atoms with Gasteiger partial charge in [-0.25, -0.2) is 0 Å². The van der Waals surface area contributed by atoms with Gasteiger partial charge in [0.15, 0.2) is 0 Å². The highest BCUT2D eigenvalue weighted by Crippen LogP contribution is 2.31. The normalized spacial score (nSPS) is 16.1. The van der Waals surface area contributed by atoms with Gasteiger partial charge < -0.3 is 15.5 Å². The van der Waals surface area contributed by atoms with Crippen LogP contribution in [0, 0.1) is 6.92 Å². The van der Waals surface area contributed by atoms with Crippen molar-refractivity contribution in [3.63, 3.8) is 0 Å². The van der Waals surface area contributed by atoms with E-state index in [2.05, 4.69) is 34.6 Å². The number of likely N-dealkylation sites (N-methyl/N-ethyl adjacent to an activating group) is 1. The summed E-state index contributed by atoms with van der Waals surface area (Å²) in [4.78, 5) is 26.6. The maximum absolute atomic E-state index is 12.6. The highest BCUT2D eigenvalue weighted by molar-refractivity contribution is 6.01. The molecule has 0 saturated heterocycles. The summed E-state index contributed by atoms with van der Waals surface area (Å²) in [5.74, 6) is -0.612. The van der Waals surface area contributed by atoms with Crippen molar-refractivity contribution in [3.05, 3.63) is 65.2 Å². The Kier molecular flexibility index (Phi) is 5.68. The number of carbonyl (C=O) groups is 2.